The van der Waals surface area contributed by atoms with Gasteiger partial charge < -0.3 is 9.84 Å². The molecule has 1 heterocycles. The predicted molar refractivity (Wildman–Crippen MR) is 91.9 cm³/mol. The van der Waals surface area contributed by atoms with Gasteiger partial charge in [-0.05, 0) is 24.3 Å². The van der Waals surface area contributed by atoms with E-state index in [-0.39, 0.29) is 0 Å². The number of morpholine rings is 1. The summed E-state index contributed by atoms with van der Waals surface area (Å²) < 4.78 is 5.36. The van der Waals surface area contributed by atoms with Gasteiger partial charge in [0, 0.05) is 19.5 Å². The van der Waals surface area contributed by atoms with Crippen LogP contribution < -0.4 is 0 Å². The number of nitrogens with zero attached hydrogens (tertiary/aromatic N) is 1. The van der Waals surface area contributed by atoms with Crippen molar-refractivity contribution >= 4 is 0 Å². The van der Waals surface area contributed by atoms with Crippen LogP contribution in [-0.4, -0.2) is 42.9 Å². The standard InChI is InChI=1S/C20H27NO2/c22-20(19-10-4-5-11-19,18-8-2-1-3-9-18)12-6-7-13-21-14-16-23-17-15-21/h1-3,8-9,19,22H,4-5,10-17H2. The Kier molecular flexibility index (Phi) is 5.72. The maximum Gasteiger partial charge on any atom is 0.103 e. The molecule has 1 N–H and O–H groups in total. The van der Waals surface area contributed by atoms with E-state index in [0.717, 1.165) is 51.3 Å². The van der Waals surface area contributed by atoms with Gasteiger partial charge in [-0.15, -0.1) is 0 Å². The van der Waals surface area contributed by atoms with Crippen LogP contribution >= 0.6 is 0 Å². The fraction of sp³-hybridized carbons (Fsp3) is 0.600. The molecule has 3 nitrogen and oxygen atoms in total. The third-order valence-corrected chi connectivity index (χ3v) is 5.19. The molecule has 1 saturated heterocycles. The number of ether oxygens (including phenoxy) is 1. The largest absolute Gasteiger partial charge is 0.384 e. The summed E-state index contributed by atoms with van der Waals surface area (Å²) in [5, 5.41) is 11.4. The second-order valence-electron chi connectivity index (χ2n) is 6.69. The minimum Gasteiger partial charge on any atom is -0.384 e. The summed E-state index contributed by atoms with van der Waals surface area (Å²) in [6, 6.07) is 10.1. The Morgan fingerprint density at radius 1 is 1.09 bits per heavy atom. The number of rotatable bonds is 4. The van der Waals surface area contributed by atoms with E-state index < -0.39 is 5.60 Å². The van der Waals surface area contributed by atoms with Gasteiger partial charge in [0.1, 0.15) is 5.60 Å². The summed E-state index contributed by atoms with van der Waals surface area (Å²) in [5.74, 6) is 6.87. The Balaban J connectivity index is 1.67. The van der Waals surface area contributed by atoms with Crippen LogP contribution in [0.15, 0.2) is 30.3 Å². The van der Waals surface area contributed by atoms with Crippen LogP contribution in [0.25, 0.3) is 0 Å². The summed E-state index contributed by atoms with van der Waals surface area (Å²) in [6.07, 6.45) is 5.20. The van der Waals surface area contributed by atoms with Crippen LogP contribution in [0, 0.1) is 17.8 Å². The van der Waals surface area contributed by atoms with E-state index in [1.54, 1.807) is 0 Å². The average molecular weight is 313 g/mol. The van der Waals surface area contributed by atoms with Gasteiger partial charge in [-0.2, -0.15) is 0 Å². The molecule has 0 bridgehead atoms. The lowest BCUT2D eigenvalue weighted by Crippen LogP contribution is -2.36. The maximum absolute atomic E-state index is 11.4. The molecular weight excluding hydrogens is 286 g/mol. The first-order valence-electron chi connectivity index (χ1n) is 8.83. The summed E-state index contributed by atoms with van der Waals surface area (Å²) in [4.78, 5) is 2.31. The van der Waals surface area contributed by atoms with Crippen molar-refractivity contribution in [3.8, 4) is 11.8 Å². The molecule has 2 aliphatic rings. The number of aliphatic hydroxyl groups is 1. The van der Waals surface area contributed by atoms with Gasteiger partial charge >= 0.3 is 0 Å². The number of hydrogen-bond acceptors (Lipinski definition) is 3. The Labute approximate surface area is 139 Å². The molecule has 0 spiro atoms. The second-order valence-corrected chi connectivity index (χ2v) is 6.69. The van der Waals surface area contributed by atoms with Crippen molar-refractivity contribution in [1.82, 2.24) is 4.90 Å². The number of benzene rings is 1. The van der Waals surface area contributed by atoms with Crippen LogP contribution in [0.1, 0.15) is 37.7 Å². The highest BCUT2D eigenvalue weighted by atomic mass is 16.5. The zero-order chi connectivity index (χ0) is 16.0. The van der Waals surface area contributed by atoms with Crippen LogP contribution in [0.4, 0.5) is 0 Å². The molecule has 1 saturated carbocycles. The van der Waals surface area contributed by atoms with Gasteiger partial charge in [-0.25, -0.2) is 0 Å². The lowest BCUT2D eigenvalue weighted by Gasteiger charge is -2.33. The molecule has 0 aromatic heterocycles. The van der Waals surface area contributed by atoms with E-state index >= 15 is 0 Å². The summed E-state index contributed by atoms with van der Waals surface area (Å²) in [5.41, 5.74) is 0.225. The highest BCUT2D eigenvalue weighted by molar-refractivity contribution is 5.26. The summed E-state index contributed by atoms with van der Waals surface area (Å²) >= 11 is 0. The molecule has 0 radical (unpaired) electrons. The lowest BCUT2D eigenvalue weighted by atomic mass is 9.78. The Morgan fingerprint density at radius 2 is 1.78 bits per heavy atom. The second kappa shape index (κ2) is 7.97. The van der Waals surface area contributed by atoms with Crippen LogP contribution in [0.2, 0.25) is 0 Å². The molecule has 1 atom stereocenters. The molecule has 1 aliphatic heterocycles. The van der Waals surface area contributed by atoms with Crippen molar-refractivity contribution < 1.29 is 9.84 Å². The van der Waals surface area contributed by atoms with Crippen LogP contribution in [-0.2, 0) is 10.3 Å². The Morgan fingerprint density at radius 3 is 2.48 bits per heavy atom. The van der Waals surface area contributed by atoms with Gasteiger partial charge in [0.05, 0.1) is 19.8 Å². The van der Waals surface area contributed by atoms with Gasteiger partial charge in [0.15, 0.2) is 0 Å². The SMILES string of the molecule is OC(CC#CCN1CCOCC1)(c1ccccc1)C1CCCC1. The molecule has 2 fully saturated rings. The van der Waals surface area contributed by atoms with E-state index in [1.807, 2.05) is 30.3 Å². The maximum atomic E-state index is 11.4. The van der Waals surface area contributed by atoms with Gasteiger partial charge in [-0.1, -0.05) is 55.0 Å². The lowest BCUT2D eigenvalue weighted by molar-refractivity contribution is -0.0173. The third-order valence-electron chi connectivity index (χ3n) is 5.19. The van der Waals surface area contributed by atoms with Crippen molar-refractivity contribution in [3.05, 3.63) is 35.9 Å². The first kappa shape index (κ1) is 16.5. The minimum atomic E-state index is -0.796. The molecule has 1 aromatic rings. The van der Waals surface area contributed by atoms with Gasteiger partial charge in [0.25, 0.3) is 0 Å². The highest BCUT2D eigenvalue weighted by Gasteiger charge is 2.39. The average Bonchev–Trinajstić information content (AvgIpc) is 3.15. The van der Waals surface area contributed by atoms with Gasteiger partial charge in [-0.3, -0.25) is 4.90 Å². The Bertz CT molecular complexity index is 536. The van der Waals surface area contributed by atoms with E-state index in [4.69, 9.17) is 4.74 Å². The minimum absolute atomic E-state index is 0.336. The first-order valence-corrected chi connectivity index (χ1v) is 8.83. The van der Waals surface area contributed by atoms with E-state index in [9.17, 15) is 5.11 Å². The van der Waals surface area contributed by atoms with E-state index in [1.165, 1.54) is 12.8 Å². The third kappa shape index (κ3) is 4.14. The molecule has 124 valence electrons. The fourth-order valence-electron chi connectivity index (χ4n) is 3.74. The highest BCUT2D eigenvalue weighted by Crippen LogP contribution is 2.42. The molecule has 23 heavy (non-hydrogen) atoms. The van der Waals surface area contributed by atoms with Crippen molar-refractivity contribution in [2.45, 2.75) is 37.7 Å². The van der Waals surface area contributed by atoms with Crippen molar-refractivity contribution in [2.75, 3.05) is 32.8 Å². The fourth-order valence-corrected chi connectivity index (χ4v) is 3.74. The smallest absolute Gasteiger partial charge is 0.103 e. The number of hydrogen-bond donors (Lipinski definition) is 1. The molecule has 3 heteroatoms. The topological polar surface area (TPSA) is 32.7 Å². The molecule has 1 aromatic carbocycles. The Hall–Kier alpha value is -1.34. The molecular formula is C20H27NO2. The molecule has 0 amide bonds. The van der Waals surface area contributed by atoms with Crippen LogP contribution in [0.5, 0.6) is 0 Å². The zero-order valence-corrected chi connectivity index (χ0v) is 13.8. The summed E-state index contributed by atoms with van der Waals surface area (Å²) in [7, 11) is 0. The van der Waals surface area contributed by atoms with E-state index in [0.29, 0.717) is 12.3 Å². The van der Waals surface area contributed by atoms with Crippen molar-refractivity contribution in [1.29, 1.82) is 0 Å². The predicted octanol–water partition coefficient (Wildman–Crippen LogP) is 2.79. The molecule has 1 unspecified atom stereocenters. The molecule has 1 aliphatic carbocycles. The molecule has 3 rings (SSSR count). The van der Waals surface area contributed by atoms with Crippen molar-refractivity contribution in [2.24, 2.45) is 5.92 Å². The quantitative estimate of drug-likeness (QED) is 0.868. The van der Waals surface area contributed by atoms with E-state index in [2.05, 4.69) is 16.7 Å². The summed E-state index contributed by atoms with van der Waals surface area (Å²) in [6.45, 7) is 4.30. The van der Waals surface area contributed by atoms with Crippen molar-refractivity contribution in [3.63, 3.8) is 0 Å². The normalized spacial score (nSPS) is 22.3. The van der Waals surface area contributed by atoms with Gasteiger partial charge in [0.2, 0.25) is 0 Å². The monoisotopic (exact) mass is 313 g/mol. The zero-order valence-electron chi connectivity index (χ0n) is 13.8. The van der Waals surface area contributed by atoms with Crippen LogP contribution in [0.3, 0.4) is 0 Å². The first-order chi connectivity index (χ1) is 11.3.